The Balaban J connectivity index is -0.0000000570. The van der Waals surface area contributed by atoms with E-state index < -0.39 is 0 Å². The Morgan fingerprint density at radius 2 is 0.773 bits per heavy atom. The number of nitrogens with two attached hydrogens (primary N) is 8. The molecule has 0 saturated carbocycles. The van der Waals surface area contributed by atoms with Gasteiger partial charge in [0, 0.05) is 65.4 Å². The van der Waals surface area contributed by atoms with Crippen molar-refractivity contribution in [2.75, 3.05) is 65.4 Å². The lowest BCUT2D eigenvalue weighted by molar-refractivity contribution is 0.696. The molecular weight excluding hydrogens is 284 g/mol. The highest BCUT2D eigenvalue weighted by Gasteiger charge is 1.76. The van der Waals surface area contributed by atoms with Crippen LogP contribution in [0.15, 0.2) is 6.58 Å². The number of rotatable bonds is 7. The molecule has 0 amide bonds. The van der Waals surface area contributed by atoms with Crippen molar-refractivity contribution in [2.45, 2.75) is 0 Å². The van der Waals surface area contributed by atoms with Crippen LogP contribution in [-0.2, 0) is 0 Å². The second-order valence-corrected chi connectivity index (χ2v) is 3.24. The van der Waals surface area contributed by atoms with E-state index in [-0.39, 0.29) is 0 Å². The third kappa shape index (κ3) is 168. The highest BCUT2D eigenvalue weighted by molar-refractivity contribution is 5.41. The third-order valence-corrected chi connectivity index (χ3v) is 1.14. The zero-order valence-electron chi connectivity index (χ0n) is 13.9. The standard InChI is InChI=1S/C4H13N3.3C2H8N2.C2H3N/c5-1-3-7-4-2-6;3*3-1-2-4;1-2-3/h7H,1-6H2;3*1-4H2;3H,1H2. The molecule has 0 aromatic carbocycles. The van der Waals surface area contributed by atoms with Gasteiger partial charge in [-0.3, -0.25) is 5.41 Å². The van der Waals surface area contributed by atoms with Crippen molar-refractivity contribution in [3.63, 3.8) is 0 Å². The highest BCUT2D eigenvalue weighted by atomic mass is 14.9. The molecule has 0 fully saturated rings. The topological polar surface area (TPSA) is 244 Å². The number of hydrogen-bond acceptors (Lipinski definition) is 10. The van der Waals surface area contributed by atoms with Gasteiger partial charge in [0.15, 0.2) is 0 Å². The fourth-order valence-corrected chi connectivity index (χ4v) is 0.329. The van der Waals surface area contributed by atoms with Crippen LogP contribution in [0.3, 0.4) is 0 Å². The van der Waals surface area contributed by atoms with Gasteiger partial charge in [-0.1, -0.05) is 0 Å². The van der Waals surface area contributed by atoms with Crippen LogP contribution in [0.1, 0.15) is 0 Å². The lowest BCUT2D eigenvalue weighted by Gasteiger charge is -1.95. The summed E-state index contributed by atoms with van der Waals surface area (Å²) in [6.45, 7) is 9.62. The second kappa shape index (κ2) is 59.5. The largest absolute Gasteiger partial charge is 0.329 e. The number of nitrogens with one attached hydrogen (secondary N) is 2. The zero-order chi connectivity index (χ0) is 18.5. The van der Waals surface area contributed by atoms with Crippen LogP contribution < -0.4 is 51.2 Å². The average Bonchev–Trinajstić information content (AvgIpc) is 2.56. The molecule has 0 atom stereocenters. The molecule has 138 valence electrons. The first-order chi connectivity index (χ1) is 10.6. The van der Waals surface area contributed by atoms with Gasteiger partial charge in [0.2, 0.25) is 0 Å². The summed E-state index contributed by atoms with van der Waals surface area (Å²) in [5, 5.41) is 8.88. The Kier molecular flexibility index (Phi) is 89.0. The van der Waals surface area contributed by atoms with Gasteiger partial charge in [0.05, 0.1) is 0 Å². The van der Waals surface area contributed by atoms with Gasteiger partial charge >= 0.3 is 0 Å². The molecule has 0 aliphatic rings. The fourth-order valence-electron chi connectivity index (χ4n) is 0.329. The van der Waals surface area contributed by atoms with Crippen LogP contribution in [0.2, 0.25) is 0 Å². The maximum absolute atomic E-state index is 5.85. The molecule has 0 aromatic rings. The SMILES string of the molecule is C=C=N.NCCN.NCCN.NCCN.NCCNCCN. The molecule has 0 heterocycles. The molecule has 0 aliphatic heterocycles. The minimum atomic E-state index is 0.597. The smallest absolute Gasteiger partial charge is 0.00750 e. The van der Waals surface area contributed by atoms with Crippen LogP contribution in [0.5, 0.6) is 0 Å². The van der Waals surface area contributed by atoms with Crippen molar-refractivity contribution in [2.24, 2.45) is 45.9 Å². The van der Waals surface area contributed by atoms with Crippen molar-refractivity contribution >= 4 is 5.87 Å². The van der Waals surface area contributed by atoms with E-state index in [4.69, 9.17) is 51.3 Å². The normalized spacial score (nSPS) is 7.45. The van der Waals surface area contributed by atoms with E-state index >= 15 is 0 Å². The molecule has 0 unspecified atom stereocenters. The van der Waals surface area contributed by atoms with Gasteiger partial charge in [0.1, 0.15) is 0 Å². The summed E-state index contributed by atoms with van der Waals surface area (Å²) in [6, 6.07) is 0. The molecule has 0 aromatic heterocycles. The minimum absolute atomic E-state index is 0.597. The minimum Gasteiger partial charge on any atom is -0.329 e. The summed E-state index contributed by atoms with van der Waals surface area (Å²) in [6.07, 6.45) is 0. The van der Waals surface area contributed by atoms with Crippen LogP contribution in [0.4, 0.5) is 0 Å². The van der Waals surface area contributed by atoms with Gasteiger partial charge in [-0.25, -0.2) is 0 Å². The first-order valence-electron chi connectivity index (χ1n) is 7.08. The van der Waals surface area contributed by atoms with Crippen molar-refractivity contribution in [3.8, 4) is 0 Å². The molecule has 0 bridgehead atoms. The fraction of sp³-hybridized carbons (Fsp3) is 0.833. The predicted octanol–water partition coefficient (Wildman–Crippen LogP) is -4.37. The monoisotopic (exact) mass is 324 g/mol. The van der Waals surface area contributed by atoms with Crippen molar-refractivity contribution in [3.05, 3.63) is 6.58 Å². The Labute approximate surface area is 135 Å². The predicted molar refractivity (Wildman–Crippen MR) is 98.7 cm³/mol. The molecule has 18 N–H and O–H groups in total. The molecule has 10 heteroatoms. The van der Waals surface area contributed by atoms with Gasteiger partial charge < -0.3 is 51.2 Å². The first-order valence-corrected chi connectivity index (χ1v) is 7.08. The van der Waals surface area contributed by atoms with Crippen LogP contribution in [0.25, 0.3) is 0 Å². The van der Waals surface area contributed by atoms with Gasteiger partial charge in [-0.15, -0.1) is 0 Å². The van der Waals surface area contributed by atoms with E-state index in [1.807, 2.05) is 0 Å². The van der Waals surface area contributed by atoms with Crippen molar-refractivity contribution in [1.82, 2.24) is 5.32 Å². The third-order valence-electron chi connectivity index (χ3n) is 1.14. The van der Waals surface area contributed by atoms with Gasteiger partial charge in [-0.2, -0.15) is 0 Å². The summed E-state index contributed by atoms with van der Waals surface area (Å²) >= 11 is 0. The molecule has 0 rings (SSSR count). The van der Waals surface area contributed by atoms with Crippen LogP contribution in [-0.4, -0.2) is 71.3 Å². The Hall–Kier alpha value is -0.910. The number of hydrogen-bond donors (Lipinski definition) is 10. The average molecular weight is 325 g/mol. The Morgan fingerprint density at radius 3 is 0.864 bits per heavy atom. The lowest BCUT2D eigenvalue weighted by atomic mass is 10.6. The second-order valence-electron chi connectivity index (χ2n) is 3.24. The van der Waals surface area contributed by atoms with Crippen molar-refractivity contribution < 1.29 is 0 Å². The zero-order valence-corrected chi connectivity index (χ0v) is 13.9. The molecule has 0 radical (unpaired) electrons. The molecule has 22 heavy (non-hydrogen) atoms. The summed E-state index contributed by atoms with van der Waals surface area (Å²) in [7, 11) is 0. The Bertz CT molecular complexity index is 131. The van der Waals surface area contributed by atoms with E-state index in [9.17, 15) is 0 Å². The van der Waals surface area contributed by atoms with Crippen molar-refractivity contribution in [1.29, 1.82) is 5.41 Å². The van der Waals surface area contributed by atoms with E-state index in [1.165, 1.54) is 0 Å². The summed E-state index contributed by atoms with van der Waals surface area (Å²) < 4.78 is 0. The quantitative estimate of drug-likeness (QED) is 0.160. The molecule has 0 saturated heterocycles. The van der Waals surface area contributed by atoms with E-state index in [2.05, 4.69) is 11.9 Å². The van der Waals surface area contributed by atoms with E-state index in [1.54, 1.807) is 5.87 Å². The highest BCUT2D eigenvalue weighted by Crippen LogP contribution is 1.49. The van der Waals surface area contributed by atoms with E-state index in [0.29, 0.717) is 52.4 Å². The van der Waals surface area contributed by atoms with Gasteiger partial charge in [-0.05, 0) is 12.4 Å². The maximum atomic E-state index is 5.85. The lowest BCUT2D eigenvalue weighted by Crippen LogP contribution is -2.27. The summed E-state index contributed by atoms with van der Waals surface area (Å²) in [5.41, 5.74) is 39.7. The maximum Gasteiger partial charge on any atom is 0.00750 e. The molecule has 0 aliphatic carbocycles. The first kappa shape index (κ1) is 32.9. The molecular formula is C12H40N10. The Morgan fingerprint density at radius 1 is 0.591 bits per heavy atom. The van der Waals surface area contributed by atoms with Crippen LogP contribution >= 0.6 is 0 Å². The molecule has 10 nitrogen and oxygen atoms in total. The van der Waals surface area contributed by atoms with Crippen LogP contribution in [0, 0.1) is 5.41 Å². The summed E-state index contributed by atoms with van der Waals surface area (Å²) in [5.74, 6) is 1.75. The molecule has 0 spiro atoms. The van der Waals surface area contributed by atoms with E-state index in [0.717, 1.165) is 13.1 Å². The summed E-state index contributed by atoms with van der Waals surface area (Å²) in [4.78, 5) is 0. The van der Waals surface area contributed by atoms with Gasteiger partial charge in [0.25, 0.3) is 0 Å².